The fraction of sp³-hybridized carbons (Fsp3) is 0.0833. The van der Waals surface area contributed by atoms with Crippen LogP contribution in [0.15, 0.2) is 78.9 Å². The lowest BCUT2D eigenvalue weighted by Crippen LogP contribution is -2.19. The summed E-state index contributed by atoms with van der Waals surface area (Å²) in [6, 6.07) is 22.1. The number of rotatable bonds is 5. The van der Waals surface area contributed by atoms with Crippen molar-refractivity contribution in [3.63, 3.8) is 0 Å². The molecule has 2 N–H and O–H groups in total. The van der Waals surface area contributed by atoms with Crippen LogP contribution in [0.2, 0.25) is 0 Å². The van der Waals surface area contributed by atoms with E-state index in [1.807, 2.05) is 74.5 Å². The SMILES string of the molecule is Cc1ccc(NC(=O)Nc2ccc(/C=C/C(=O)c3ccc(C)cc3)cc2)cc1. The van der Waals surface area contributed by atoms with Crippen molar-refractivity contribution in [3.05, 3.63) is 101 Å². The number of benzene rings is 3. The van der Waals surface area contributed by atoms with Gasteiger partial charge in [0.05, 0.1) is 0 Å². The molecular weight excluding hydrogens is 348 g/mol. The van der Waals surface area contributed by atoms with Crippen molar-refractivity contribution in [2.24, 2.45) is 0 Å². The van der Waals surface area contributed by atoms with E-state index in [-0.39, 0.29) is 11.8 Å². The van der Waals surface area contributed by atoms with Crippen molar-refractivity contribution in [2.45, 2.75) is 13.8 Å². The van der Waals surface area contributed by atoms with Gasteiger partial charge in [-0.15, -0.1) is 0 Å². The molecule has 140 valence electrons. The van der Waals surface area contributed by atoms with Crippen LogP contribution in [0.1, 0.15) is 27.0 Å². The molecule has 2 amide bonds. The molecule has 3 aromatic carbocycles. The summed E-state index contributed by atoms with van der Waals surface area (Å²) in [5, 5.41) is 5.57. The highest BCUT2D eigenvalue weighted by Crippen LogP contribution is 2.14. The van der Waals surface area contributed by atoms with Gasteiger partial charge in [0.25, 0.3) is 0 Å². The van der Waals surface area contributed by atoms with Crippen LogP contribution in [0.4, 0.5) is 16.2 Å². The molecule has 4 nitrogen and oxygen atoms in total. The number of hydrogen-bond donors (Lipinski definition) is 2. The molecule has 0 saturated heterocycles. The number of ketones is 1. The first-order valence-electron chi connectivity index (χ1n) is 9.03. The summed E-state index contributed by atoms with van der Waals surface area (Å²) in [5.41, 5.74) is 5.20. The zero-order valence-corrected chi connectivity index (χ0v) is 15.9. The highest BCUT2D eigenvalue weighted by atomic mass is 16.2. The van der Waals surface area contributed by atoms with E-state index < -0.39 is 0 Å². The molecular formula is C24H22N2O2. The largest absolute Gasteiger partial charge is 0.323 e. The van der Waals surface area contributed by atoms with Crippen molar-refractivity contribution < 1.29 is 9.59 Å². The van der Waals surface area contributed by atoms with E-state index >= 15 is 0 Å². The number of hydrogen-bond acceptors (Lipinski definition) is 2. The Balaban J connectivity index is 1.56. The van der Waals surface area contributed by atoms with Crippen LogP contribution in [-0.4, -0.2) is 11.8 Å². The quantitative estimate of drug-likeness (QED) is 0.438. The smallest absolute Gasteiger partial charge is 0.308 e. The molecule has 3 rings (SSSR count). The van der Waals surface area contributed by atoms with Gasteiger partial charge in [-0.2, -0.15) is 0 Å². The Hall–Kier alpha value is -3.66. The normalized spacial score (nSPS) is 10.6. The van der Waals surface area contributed by atoms with Crippen molar-refractivity contribution in [3.8, 4) is 0 Å². The van der Waals surface area contributed by atoms with Gasteiger partial charge in [-0.05, 0) is 49.8 Å². The third-order valence-electron chi connectivity index (χ3n) is 4.24. The van der Waals surface area contributed by atoms with Gasteiger partial charge in [-0.3, -0.25) is 4.79 Å². The lowest BCUT2D eigenvalue weighted by Gasteiger charge is -2.08. The van der Waals surface area contributed by atoms with E-state index in [1.165, 1.54) is 0 Å². The third kappa shape index (κ3) is 5.42. The number of carbonyl (C=O) groups excluding carboxylic acids is 2. The highest BCUT2D eigenvalue weighted by Gasteiger charge is 2.03. The minimum Gasteiger partial charge on any atom is -0.308 e. The molecule has 0 bridgehead atoms. The number of carbonyl (C=O) groups is 2. The zero-order valence-electron chi connectivity index (χ0n) is 15.9. The number of anilines is 2. The van der Waals surface area contributed by atoms with Gasteiger partial charge >= 0.3 is 6.03 Å². The Bertz CT molecular complexity index is 986. The first-order chi connectivity index (χ1) is 13.5. The maximum Gasteiger partial charge on any atom is 0.323 e. The fourth-order valence-corrected chi connectivity index (χ4v) is 2.59. The molecule has 0 aliphatic carbocycles. The average molecular weight is 370 g/mol. The monoisotopic (exact) mass is 370 g/mol. The summed E-state index contributed by atoms with van der Waals surface area (Å²) < 4.78 is 0. The maximum absolute atomic E-state index is 12.2. The topological polar surface area (TPSA) is 58.2 Å². The first kappa shape index (κ1) is 19.1. The summed E-state index contributed by atoms with van der Waals surface area (Å²) in [5.74, 6) is -0.0420. The summed E-state index contributed by atoms with van der Waals surface area (Å²) >= 11 is 0. The van der Waals surface area contributed by atoms with Gasteiger partial charge in [0.2, 0.25) is 0 Å². The van der Waals surface area contributed by atoms with Gasteiger partial charge in [0.15, 0.2) is 5.78 Å². The Labute approximate surface area is 164 Å². The van der Waals surface area contributed by atoms with Crippen molar-refractivity contribution in [1.82, 2.24) is 0 Å². The van der Waals surface area contributed by atoms with Crippen LogP contribution >= 0.6 is 0 Å². The Morgan fingerprint density at radius 1 is 0.679 bits per heavy atom. The first-order valence-corrected chi connectivity index (χ1v) is 9.03. The minimum atomic E-state index is -0.304. The number of nitrogens with one attached hydrogen (secondary N) is 2. The van der Waals surface area contributed by atoms with Crippen molar-refractivity contribution in [1.29, 1.82) is 0 Å². The molecule has 0 radical (unpaired) electrons. The molecule has 4 heteroatoms. The number of urea groups is 1. The molecule has 0 atom stereocenters. The predicted molar refractivity (Wildman–Crippen MR) is 115 cm³/mol. The second-order valence-corrected chi connectivity index (χ2v) is 6.63. The van der Waals surface area contributed by atoms with Crippen LogP contribution in [0, 0.1) is 13.8 Å². The van der Waals surface area contributed by atoms with Crippen molar-refractivity contribution >= 4 is 29.3 Å². The van der Waals surface area contributed by atoms with Gasteiger partial charge in [0, 0.05) is 16.9 Å². The van der Waals surface area contributed by atoms with Crippen LogP contribution < -0.4 is 10.6 Å². The molecule has 0 spiro atoms. The predicted octanol–water partition coefficient (Wildman–Crippen LogP) is 5.84. The number of allylic oxidation sites excluding steroid dienone is 1. The van der Waals surface area contributed by atoms with Crippen molar-refractivity contribution in [2.75, 3.05) is 10.6 Å². The van der Waals surface area contributed by atoms with Gasteiger partial charge in [0.1, 0.15) is 0 Å². The Morgan fingerprint density at radius 2 is 1.14 bits per heavy atom. The molecule has 0 aliphatic heterocycles. The van der Waals surface area contributed by atoms with E-state index in [2.05, 4.69) is 10.6 Å². The zero-order chi connectivity index (χ0) is 19.9. The highest BCUT2D eigenvalue weighted by molar-refractivity contribution is 6.06. The lowest BCUT2D eigenvalue weighted by atomic mass is 10.1. The van der Waals surface area contributed by atoms with Gasteiger partial charge in [-0.25, -0.2) is 4.79 Å². The average Bonchev–Trinajstić information content (AvgIpc) is 2.69. The number of amides is 2. The van der Waals surface area contributed by atoms with Crippen LogP contribution in [0.25, 0.3) is 6.08 Å². The summed E-state index contributed by atoms with van der Waals surface area (Å²) in [6.07, 6.45) is 3.32. The summed E-state index contributed by atoms with van der Waals surface area (Å²) in [6.45, 7) is 3.98. The second kappa shape index (κ2) is 8.82. The summed E-state index contributed by atoms with van der Waals surface area (Å²) in [7, 11) is 0. The Kier molecular flexibility index (Phi) is 6.02. The van der Waals surface area contributed by atoms with Crippen LogP contribution in [-0.2, 0) is 0 Å². The lowest BCUT2D eigenvalue weighted by molar-refractivity contribution is 0.104. The molecule has 0 saturated carbocycles. The molecule has 0 aliphatic rings. The van der Waals surface area contributed by atoms with Gasteiger partial charge in [-0.1, -0.05) is 65.7 Å². The fourth-order valence-electron chi connectivity index (χ4n) is 2.59. The van der Waals surface area contributed by atoms with Gasteiger partial charge < -0.3 is 10.6 Å². The molecule has 3 aromatic rings. The molecule has 0 heterocycles. The molecule has 28 heavy (non-hydrogen) atoms. The van der Waals surface area contributed by atoms with Crippen LogP contribution in [0.3, 0.4) is 0 Å². The third-order valence-corrected chi connectivity index (χ3v) is 4.24. The molecule has 0 unspecified atom stereocenters. The Morgan fingerprint density at radius 3 is 1.68 bits per heavy atom. The van der Waals surface area contributed by atoms with E-state index in [9.17, 15) is 9.59 Å². The van der Waals surface area contributed by atoms with E-state index in [4.69, 9.17) is 0 Å². The summed E-state index contributed by atoms with van der Waals surface area (Å²) in [4.78, 5) is 24.3. The standard InChI is InChI=1S/C24H22N2O2/c1-17-3-10-20(11-4-17)23(27)16-9-19-7-14-22(15-8-19)26-24(28)25-21-12-5-18(2)6-13-21/h3-16H,1-2H3,(H2,25,26,28)/b16-9+. The van der Waals surface area contributed by atoms with E-state index in [0.29, 0.717) is 11.3 Å². The van der Waals surface area contributed by atoms with Crippen LogP contribution in [0.5, 0.6) is 0 Å². The molecule has 0 fully saturated rings. The maximum atomic E-state index is 12.2. The minimum absolute atomic E-state index is 0.0420. The number of aryl methyl sites for hydroxylation is 2. The van der Waals surface area contributed by atoms with E-state index in [0.717, 1.165) is 22.4 Å². The second-order valence-electron chi connectivity index (χ2n) is 6.63. The molecule has 0 aromatic heterocycles. The van der Waals surface area contributed by atoms with E-state index in [1.54, 1.807) is 24.3 Å².